The number of morpholine rings is 1. The van der Waals surface area contributed by atoms with Gasteiger partial charge in [0.05, 0.1) is 37.6 Å². The Morgan fingerprint density at radius 1 is 0.821 bits per heavy atom. The van der Waals surface area contributed by atoms with E-state index < -0.39 is 59.5 Å². The Morgan fingerprint density at radius 2 is 1.52 bits per heavy atom. The summed E-state index contributed by atoms with van der Waals surface area (Å²) in [7, 11) is 1.43. The van der Waals surface area contributed by atoms with Crippen LogP contribution in [0.15, 0.2) is 103 Å². The normalized spacial score (nSPS) is 23.8. The first-order valence-corrected chi connectivity index (χ1v) is 18.2. The molecule has 2 saturated heterocycles. The number of anilines is 1. The number of nitrogens with zero attached hydrogens (tertiary/aromatic N) is 2. The predicted octanol–water partition coefficient (Wildman–Crippen LogP) is 4.32. The highest BCUT2D eigenvalue weighted by atomic mass is 16.6. The lowest BCUT2D eigenvalue weighted by molar-refractivity contribution is -0.179. The van der Waals surface area contributed by atoms with E-state index in [1.54, 1.807) is 41.3 Å². The monoisotopic (exact) mass is 760 g/mol. The van der Waals surface area contributed by atoms with Crippen molar-refractivity contribution in [3.05, 3.63) is 131 Å². The number of rotatable bonds is 11. The zero-order valence-electron chi connectivity index (χ0n) is 30.4. The molecule has 7 rings (SSSR count). The first-order chi connectivity index (χ1) is 27.3. The summed E-state index contributed by atoms with van der Waals surface area (Å²) in [5, 5.41) is 30.2. The number of fused-ring (bicyclic) bond motifs is 3. The molecular formula is C43H40N2O11. The third-order valence-corrected chi connectivity index (χ3v) is 10.4. The summed E-state index contributed by atoms with van der Waals surface area (Å²) >= 11 is 0. The number of aliphatic hydroxyl groups is 2. The van der Waals surface area contributed by atoms with Gasteiger partial charge in [0.15, 0.2) is 0 Å². The average Bonchev–Trinajstić information content (AvgIpc) is 3.67. The van der Waals surface area contributed by atoms with Crippen molar-refractivity contribution < 1.29 is 53.4 Å². The molecule has 0 radical (unpaired) electrons. The van der Waals surface area contributed by atoms with E-state index in [0.717, 1.165) is 4.90 Å². The molecule has 0 saturated carbocycles. The van der Waals surface area contributed by atoms with Crippen molar-refractivity contribution >= 4 is 29.6 Å². The quantitative estimate of drug-likeness (QED) is 0.113. The van der Waals surface area contributed by atoms with Gasteiger partial charge in [-0.05, 0) is 52.6 Å². The molecule has 4 aromatic carbocycles. The van der Waals surface area contributed by atoms with E-state index >= 15 is 4.79 Å². The Balaban J connectivity index is 1.55. The second-order valence-electron chi connectivity index (χ2n) is 13.5. The molecule has 3 N–H and O–H groups in total. The number of carbonyl (C=O) groups is 4. The standard InChI is InChI=1S/C43H40N2O11/c1-53-24-25-55-42(52)44-33-20-15-27(10-8-9-21-46)26-32(33)43(41(44)51)34(39(48)49)36-40(50)56-37(29-13-6-3-7-14-29)35(28-11-4-2-5-12-28)45(36)38(43)30-16-18-31(19-17-30)54-23-22-47/h2-7,11-20,26,34-38,46-47H,9,21-25H2,1H3,(H,48,49)/t34-,35-,36-,37+,38+,43-/m0/s1. The summed E-state index contributed by atoms with van der Waals surface area (Å²) in [5.41, 5.74) is 0.269. The van der Waals surface area contributed by atoms with Crippen LogP contribution in [0.25, 0.3) is 0 Å². The Kier molecular flexibility index (Phi) is 11.2. The van der Waals surface area contributed by atoms with Gasteiger partial charge < -0.3 is 34.3 Å². The minimum absolute atomic E-state index is 0.0226. The first-order valence-electron chi connectivity index (χ1n) is 18.2. The smallest absolute Gasteiger partial charge is 0.421 e. The lowest BCUT2D eigenvalue weighted by Crippen LogP contribution is -2.53. The molecule has 3 aliphatic rings. The predicted molar refractivity (Wildman–Crippen MR) is 200 cm³/mol. The number of carbonyl (C=O) groups excluding carboxylic acids is 3. The van der Waals surface area contributed by atoms with Crippen LogP contribution < -0.4 is 9.64 Å². The number of aliphatic hydroxyl groups excluding tert-OH is 2. The topological polar surface area (TPSA) is 172 Å². The summed E-state index contributed by atoms with van der Waals surface area (Å²) in [6, 6.07) is 26.1. The SMILES string of the molecule is COCCOC(=O)N1C(=O)[C@@]2(c3cc(C#CCCO)ccc31)[C@H](C(=O)O)[C@H]1C(=O)O[C@H](c3ccccc3)[C@H](c3ccccc3)N1[C@@H]2c1ccc(OCCO)cc1. The zero-order chi connectivity index (χ0) is 39.4. The van der Waals surface area contributed by atoms with Gasteiger partial charge in [-0.25, -0.2) is 9.69 Å². The number of hydrogen-bond donors (Lipinski definition) is 3. The van der Waals surface area contributed by atoms with Crippen LogP contribution in [0.1, 0.15) is 52.4 Å². The van der Waals surface area contributed by atoms with Crippen molar-refractivity contribution in [2.75, 3.05) is 45.0 Å². The lowest BCUT2D eigenvalue weighted by Gasteiger charge is -2.46. The van der Waals surface area contributed by atoms with Gasteiger partial charge >= 0.3 is 18.0 Å². The van der Waals surface area contributed by atoms with Crippen LogP contribution >= 0.6 is 0 Å². The van der Waals surface area contributed by atoms with E-state index in [1.807, 2.05) is 60.7 Å². The van der Waals surface area contributed by atoms with Crippen LogP contribution in [0.2, 0.25) is 0 Å². The van der Waals surface area contributed by atoms with E-state index in [4.69, 9.17) is 18.9 Å². The van der Waals surface area contributed by atoms with Crippen molar-refractivity contribution in [1.29, 1.82) is 0 Å². The number of carboxylic acids is 1. The van der Waals surface area contributed by atoms with Crippen LogP contribution in [-0.2, 0) is 34.0 Å². The molecule has 2 fully saturated rings. The Bertz CT molecular complexity index is 2150. The number of amides is 2. The molecule has 0 unspecified atom stereocenters. The Labute approximate surface area is 323 Å². The molecule has 4 aromatic rings. The van der Waals surface area contributed by atoms with Crippen LogP contribution in [-0.4, -0.2) is 90.3 Å². The minimum atomic E-state index is -2.15. The van der Waals surface area contributed by atoms with Crippen molar-refractivity contribution in [2.45, 2.75) is 36.1 Å². The van der Waals surface area contributed by atoms with Crippen molar-refractivity contribution in [1.82, 2.24) is 4.90 Å². The van der Waals surface area contributed by atoms with Gasteiger partial charge in [-0.15, -0.1) is 0 Å². The largest absolute Gasteiger partial charge is 0.491 e. The van der Waals surface area contributed by atoms with Crippen molar-refractivity contribution in [3.63, 3.8) is 0 Å². The number of ether oxygens (including phenoxy) is 4. The third-order valence-electron chi connectivity index (χ3n) is 10.4. The van der Waals surface area contributed by atoms with E-state index in [1.165, 1.54) is 13.2 Å². The van der Waals surface area contributed by atoms with Crippen molar-refractivity contribution in [3.8, 4) is 17.6 Å². The average molecular weight is 761 g/mol. The maximum Gasteiger partial charge on any atom is 0.421 e. The second kappa shape index (κ2) is 16.4. The van der Waals surface area contributed by atoms with Gasteiger partial charge in [-0.3, -0.25) is 19.3 Å². The number of benzene rings is 4. The summed E-state index contributed by atoms with van der Waals surface area (Å²) in [5.74, 6) is 1.25. The van der Waals surface area contributed by atoms with Gasteiger partial charge in [-0.1, -0.05) is 84.6 Å². The van der Waals surface area contributed by atoms with E-state index in [0.29, 0.717) is 28.0 Å². The molecule has 0 bridgehead atoms. The lowest BCUT2D eigenvalue weighted by atomic mass is 9.65. The van der Waals surface area contributed by atoms with Crippen LogP contribution in [0, 0.1) is 17.8 Å². The van der Waals surface area contributed by atoms with Crippen molar-refractivity contribution in [2.24, 2.45) is 5.92 Å². The highest BCUT2D eigenvalue weighted by molar-refractivity contribution is 6.23. The maximum absolute atomic E-state index is 15.6. The highest BCUT2D eigenvalue weighted by Crippen LogP contribution is 2.66. The number of imide groups is 1. The molecule has 0 aromatic heterocycles. The molecule has 6 atom stereocenters. The summed E-state index contributed by atoms with van der Waals surface area (Å²) in [4.78, 5) is 60.9. The molecule has 13 nitrogen and oxygen atoms in total. The summed E-state index contributed by atoms with van der Waals surface area (Å²) in [6.45, 7) is -0.545. The van der Waals surface area contributed by atoms with E-state index in [2.05, 4.69) is 11.8 Å². The van der Waals surface area contributed by atoms with Gasteiger partial charge in [0, 0.05) is 19.1 Å². The van der Waals surface area contributed by atoms with Gasteiger partial charge in [0.2, 0.25) is 5.91 Å². The molecule has 288 valence electrons. The minimum Gasteiger partial charge on any atom is -0.491 e. The summed E-state index contributed by atoms with van der Waals surface area (Å²) in [6.07, 6.45) is -1.83. The molecular weight excluding hydrogens is 720 g/mol. The maximum atomic E-state index is 15.6. The second-order valence-corrected chi connectivity index (χ2v) is 13.5. The summed E-state index contributed by atoms with van der Waals surface area (Å²) < 4.78 is 22.5. The highest BCUT2D eigenvalue weighted by Gasteiger charge is 2.76. The number of cyclic esters (lactones) is 1. The number of hydrogen-bond acceptors (Lipinski definition) is 11. The van der Waals surface area contributed by atoms with Crippen LogP contribution in [0.3, 0.4) is 0 Å². The zero-order valence-corrected chi connectivity index (χ0v) is 30.4. The Hall–Kier alpha value is -6.04. The number of aliphatic carboxylic acids is 1. The first kappa shape index (κ1) is 38.2. The molecule has 2 amide bonds. The van der Waals surface area contributed by atoms with E-state index in [9.17, 15) is 29.7 Å². The van der Waals surface area contributed by atoms with Gasteiger partial charge in [-0.2, -0.15) is 0 Å². The number of methoxy groups -OCH3 is 1. The van der Waals surface area contributed by atoms with Crippen LogP contribution in [0.5, 0.6) is 5.75 Å². The molecule has 56 heavy (non-hydrogen) atoms. The van der Waals surface area contributed by atoms with Gasteiger partial charge in [0.25, 0.3) is 0 Å². The molecule has 3 aliphatic heterocycles. The number of carboxylic acid groups (broad SMARTS) is 1. The van der Waals surface area contributed by atoms with Gasteiger partial charge in [0.1, 0.15) is 42.4 Å². The fourth-order valence-electron chi connectivity index (χ4n) is 8.35. The third kappa shape index (κ3) is 6.56. The van der Waals surface area contributed by atoms with E-state index in [-0.39, 0.29) is 50.7 Å². The molecule has 1 spiro atoms. The van der Waals surface area contributed by atoms with Crippen LogP contribution in [0.4, 0.5) is 10.5 Å². The number of esters is 1. The molecule has 13 heteroatoms. The fourth-order valence-corrected chi connectivity index (χ4v) is 8.35. The molecule has 0 aliphatic carbocycles. The molecule has 3 heterocycles. The Morgan fingerprint density at radius 3 is 2.16 bits per heavy atom. The fraction of sp³-hybridized carbons (Fsp3) is 0.302.